The molecule has 0 aliphatic rings. The summed E-state index contributed by atoms with van der Waals surface area (Å²) in [6.07, 6.45) is 0. The molecule has 4 heteroatoms. The van der Waals surface area contributed by atoms with Crippen LogP contribution in [0.25, 0.3) is 33.0 Å². The number of hydrogen-bond acceptors (Lipinski definition) is 4. The summed E-state index contributed by atoms with van der Waals surface area (Å²) in [5.41, 5.74) is 2.38. The molecule has 2 aromatic heterocycles. The average Bonchev–Trinajstić information content (AvgIpc) is 3.14. The van der Waals surface area contributed by atoms with Crippen LogP contribution in [0.15, 0.2) is 64.4 Å². The highest BCUT2D eigenvalue weighted by Gasteiger charge is 2.12. The fourth-order valence-electron chi connectivity index (χ4n) is 2.27. The second-order valence-corrected chi connectivity index (χ2v) is 5.56. The van der Waals surface area contributed by atoms with Gasteiger partial charge in [-0.3, -0.25) is 0 Å². The number of phenols is 1. The van der Waals surface area contributed by atoms with Crippen LogP contribution in [0.5, 0.6) is 5.75 Å². The van der Waals surface area contributed by atoms with E-state index in [1.54, 1.807) is 12.1 Å². The maximum absolute atomic E-state index is 9.90. The highest BCUT2D eigenvalue weighted by molar-refractivity contribution is 7.13. The van der Waals surface area contributed by atoms with Gasteiger partial charge in [-0.25, -0.2) is 4.98 Å². The molecule has 102 valence electrons. The highest BCUT2D eigenvalue weighted by Crippen LogP contribution is 2.35. The molecule has 4 aromatic rings. The van der Waals surface area contributed by atoms with Crippen molar-refractivity contribution in [2.45, 2.75) is 0 Å². The minimum Gasteiger partial charge on any atom is -0.507 e. The molecule has 0 unspecified atom stereocenters. The van der Waals surface area contributed by atoms with Crippen molar-refractivity contribution in [2.24, 2.45) is 0 Å². The highest BCUT2D eigenvalue weighted by atomic mass is 32.1. The van der Waals surface area contributed by atoms with Crippen LogP contribution in [0.4, 0.5) is 0 Å². The summed E-state index contributed by atoms with van der Waals surface area (Å²) in [7, 11) is 0. The summed E-state index contributed by atoms with van der Waals surface area (Å²) in [6.45, 7) is 0. The molecule has 0 bridgehead atoms. The predicted octanol–water partition coefficient (Wildman–Crippen LogP) is 4.93. The van der Waals surface area contributed by atoms with Crippen LogP contribution in [0.1, 0.15) is 0 Å². The van der Waals surface area contributed by atoms with E-state index in [9.17, 15) is 5.11 Å². The van der Waals surface area contributed by atoms with Gasteiger partial charge in [0.25, 0.3) is 0 Å². The van der Waals surface area contributed by atoms with E-state index in [-0.39, 0.29) is 5.75 Å². The molecule has 0 atom stereocenters. The molecule has 1 N–H and O–H groups in total. The number of fused-ring (bicyclic) bond motifs is 1. The standard InChI is InChI=1S/C17H11NO2S/c19-14-7-3-2-6-12(14)17-18-13(10-21-17)16-9-11-5-1-4-8-15(11)20-16/h1-10,19H. The summed E-state index contributed by atoms with van der Waals surface area (Å²) in [5.74, 6) is 0.983. The number of rotatable bonds is 2. The Morgan fingerprint density at radius 2 is 1.81 bits per heavy atom. The van der Waals surface area contributed by atoms with Crippen molar-refractivity contribution in [3.8, 4) is 27.8 Å². The molecule has 0 aliphatic heterocycles. The van der Waals surface area contributed by atoms with Crippen LogP contribution in [0.2, 0.25) is 0 Å². The van der Waals surface area contributed by atoms with Crippen molar-refractivity contribution < 1.29 is 9.52 Å². The number of para-hydroxylation sites is 2. The zero-order valence-corrected chi connectivity index (χ0v) is 11.8. The fraction of sp³-hybridized carbons (Fsp3) is 0. The van der Waals surface area contributed by atoms with Crippen LogP contribution in [-0.2, 0) is 0 Å². The van der Waals surface area contributed by atoms with Gasteiger partial charge in [-0.15, -0.1) is 11.3 Å². The summed E-state index contributed by atoms with van der Waals surface area (Å²) in [5, 5.41) is 13.7. The molecule has 21 heavy (non-hydrogen) atoms. The van der Waals surface area contributed by atoms with Crippen LogP contribution in [0.3, 0.4) is 0 Å². The van der Waals surface area contributed by atoms with Crippen molar-refractivity contribution in [3.63, 3.8) is 0 Å². The second kappa shape index (κ2) is 4.75. The Kier molecular flexibility index (Phi) is 2.75. The number of aromatic nitrogens is 1. The van der Waals surface area contributed by atoms with Crippen LogP contribution >= 0.6 is 11.3 Å². The molecular formula is C17H11NO2S. The van der Waals surface area contributed by atoms with Gasteiger partial charge >= 0.3 is 0 Å². The minimum atomic E-state index is 0.239. The van der Waals surface area contributed by atoms with Gasteiger partial charge < -0.3 is 9.52 Å². The van der Waals surface area contributed by atoms with E-state index in [0.717, 1.165) is 33.0 Å². The Hall–Kier alpha value is -2.59. The first-order chi connectivity index (χ1) is 10.3. The van der Waals surface area contributed by atoms with Gasteiger partial charge in [-0.05, 0) is 24.3 Å². The van der Waals surface area contributed by atoms with Gasteiger partial charge in [0.05, 0.1) is 5.56 Å². The molecule has 2 heterocycles. The third-order valence-electron chi connectivity index (χ3n) is 3.32. The quantitative estimate of drug-likeness (QED) is 0.570. The number of thiazole rings is 1. The molecule has 0 fully saturated rings. The van der Waals surface area contributed by atoms with E-state index in [4.69, 9.17) is 4.42 Å². The van der Waals surface area contributed by atoms with E-state index in [1.807, 2.05) is 47.8 Å². The minimum absolute atomic E-state index is 0.239. The first-order valence-corrected chi connectivity index (χ1v) is 7.42. The molecular weight excluding hydrogens is 282 g/mol. The SMILES string of the molecule is Oc1ccccc1-c1nc(-c2cc3ccccc3o2)cs1. The monoisotopic (exact) mass is 293 g/mol. The maximum Gasteiger partial charge on any atom is 0.154 e. The molecule has 0 radical (unpaired) electrons. The molecule has 0 saturated carbocycles. The third kappa shape index (κ3) is 2.10. The Morgan fingerprint density at radius 1 is 1.00 bits per heavy atom. The van der Waals surface area contributed by atoms with Gasteiger partial charge in [-0.2, -0.15) is 0 Å². The number of aromatic hydroxyl groups is 1. The van der Waals surface area contributed by atoms with E-state index >= 15 is 0 Å². The maximum atomic E-state index is 9.90. The summed E-state index contributed by atoms with van der Waals surface area (Å²) >= 11 is 1.49. The molecule has 0 saturated heterocycles. The Labute approximate surface area is 125 Å². The van der Waals surface area contributed by atoms with Crippen LogP contribution in [-0.4, -0.2) is 10.1 Å². The zero-order chi connectivity index (χ0) is 14.2. The third-order valence-corrected chi connectivity index (χ3v) is 4.19. The fourth-order valence-corrected chi connectivity index (χ4v) is 3.12. The van der Waals surface area contributed by atoms with Crippen molar-refractivity contribution in [1.29, 1.82) is 0 Å². The van der Waals surface area contributed by atoms with Crippen molar-refractivity contribution in [1.82, 2.24) is 4.98 Å². The number of hydrogen-bond donors (Lipinski definition) is 1. The van der Waals surface area contributed by atoms with Gasteiger partial charge in [0.1, 0.15) is 22.0 Å². The summed E-state index contributed by atoms with van der Waals surface area (Å²) in [6, 6.07) is 17.1. The lowest BCUT2D eigenvalue weighted by atomic mass is 10.2. The second-order valence-electron chi connectivity index (χ2n) is 4.70. The topological polar surface area (TPSA) is 46.3 Å². The lowest BCUT2D eigenvalue weighted by molar-refractivity contribution is 0.477. The van der Waals surface area contributed by atoms with Crippen molar-refractivity contribution in [2.75, 3.05) is 0 Å². The molecule has 2 aromatic carbocycles. The number of benzene rings is 2. The smallest absolute Gasteiger partial charge is 0.154 e. The van der Waals surface area contributed by atoms with Crippen LogP contribution < -0.4 is 0 Å². The lowest BCUT2D eigenvalue weighted by Crippen LogP contribution is -1.78. The first kappa shape index (κ1) is 12.2. The molecule has 4 rings (SSSR count). The normalized spacial score (nSPS) is 11.0. The van der Waals surface area contributed by atoms with Gasteiger partial charge in [0, 0.05) is 10.8 Å². The van der Waals surface area contributed by atoms with E-state index in [0.29, 0.717) is 0 Å². The van der Waals surface area contributed by atoms with Crippen molar-refractivity contribution in [3.05, 3.63) is 60.0 Å². The lowest BCUT2D eigenvalue weighted by Gasteiger charge is -1.98. The zero-order valence-electron chi connectivity index (χ0n) is 11.0. The molecule has 3 nitrogen and oxygen atoms in total. The molecule has 0 amide bonds. The Morgan fingerprint density at radius 3 is 2.67 bits per heavy atom. The summed E-state index contributed by atoms with van der Waals surface area (Å²) < 4.78 is 5.82. The van der Waals surface area contributed by atoms with E-state index < -0.39 is 0 Å². The molecule has 0 aliphatic carbocycles. The van der Waals surface area contributed by atoms with Gasteiger partial charge in [-0.1, -0.05) is 30.3 Å². The average molecular weight is 293 g/mol. The van der Waals surface area contributed by atoms with Gasteiger partial charge in [0.2, 0.25) is 0 Å². The Bertz CT molecular complexity index is 890. The number of phenolic OH excluding ortho intramolecular Hbond substituents is 1. The first-order valence-electron chi connectivity index (χ1n) is 6.54. The predicted molar refractivity (Wildman–Crippen MR) is 84.4 cm³/mol. The van der Waals surface area contributed by atoms with Crippen molar-refractivity contribution >= 4 is 22.3 Å². The summed E-state index contributed by atoms with van der Waals surface area (Å²) in [4.78, 5) is 4.57. The van der Waals surface area contributed by atoms with E-state index in [1.165, 1.54) is 11.3 Å². The van der Waals surface area contributed by atoms with E-state index in [2.05, 4.69) is 4.98 Å². The Balaban J connectivity index is 1.79. The number of furan rings is 1. The number of nitrogens with zero attached hydrogens (tertiary/aromatic N) is 1. The van der Waals surface area contributed by atoms with Crippen LogP contribution in [0, 0.1) is 0 Å². The largest absolute Gasteiger partial charge is 0.507 e. The van der Waals surface area contributed by atoms with Gasteiger partial charge in [0.15, 0.2) is 5.76 Å². The molecule has 0 spiro atoms.